The molecule has 0 saturated carbocycles. The largest absolute Gasteiger partial charge is 0.423 e. The minimum atomic E-state index is -0.309. The van der Waals surface area contributed by atoms with E-state index in [0.29, 0.717) is 5.58 Å². The smallest absolute Gasteiger partial charge is 0.338 e. The van der Waals surface area contributed by atoms with Gasteiger partial charge in [0.25, 0.3) is 0 Å². The lowest BCUT2D eigenvalue weighted by molar-refractivity contribution is 0.560. The maximum Gasteiger partial charge on any atom is 0.338 e. The highest BCUT2D eigenvalue weighted by Crippen LogP contribution is 2.28. The normalized spacial score (nSPS) is 10.9. The first kappa shape index (κ1) is 18.1. The van der Waals surface area contributed by atoms with E-state index in [4.69, 9.17) is 4.42 Å². The van der Waals surface area contributed by atoms with Crippen LogP contribution < -0.4 is 15.4 Å². The van der Waals surface area contributed by atoms with Gasteiger partial charge in [-0.3, -0.25) is 0 Å². The number of hydrogen-bond donors (Lipinski definition) is 0. The van der Waals surface area contributed by atoms with Crippen LogP contribution in [0, 0.1) is 0 Å². The van der Waals surface area contributed by atoms with E-state index < -0.39 is 0 Å². The van der Waals surface area contributed by atoms with Crippen LogP contribution in [0.15, 0.2) is 63.8 Å². The van der Waals surface area contributed by atoms with Gasteiger partial charge < -0.3 is 14.2 Å². The molecule has 0 unspecified atom stereocenters. The standard InChI is InChI=1S/C22H26N2O2/c1-4-24(5-2)18-11-12-19-20(16-22(25)26-21(19)15-18)23(3)14-13-17-9-7-6-8-10-17/h6-12,15-16H,4-5,13-14H2,1-3H3. The van der Waals surface area contributed by atoms with Crippen LogP contribution in [0.5, 0.6) is 0 Å². The third-order valence-electron chi connectivity index (χ3n) is 4.82. The van der Waals surface area contributed by atoms with E-state index in [2.05, 4.69) is 60.0 Å². The maximum atomic E-state index is 12.1. The van der Waals surface area contributed by atoms with E-state index in [0.717, 1.165) is 42.8 Å². The predicted molar refractivity (Wildman–Crippen MR) is 109 cm³/mol. The molecule has 1 aromatic heterocycles. The summed E-state index contributed by atoms with van der Waals surface area (Å²) in [6, 6.07) is 18.1. The molecule has 0 aliphatic heterocycles. The molecule has 0 radical (unpaired) electrons. The first-order valence-electron chi connectivity index (χ1n) is 9.20. The molecule has 136 valence electrons. The Bertz CT molecular complexity index is 914. The lowest BCUT2D eigenvalue weighted by Crippen LogP contribution is -2.23. The van der Waals surface area contributed by atoms with Gasteiger partial charge in [-0.25, -0.2) is 4.79 Å². The van der Waals surface area contributed by atoms with Gasteiger partial charge in [-0.15, -0.1) is 0 Å². The molecule has 2 aromatic carbocycles. The molecule has 0 spiro atoms. The number of anilines is 2. The average Bonchev–Trinajstić information content (AvgIpc) is 2.67. The zero-order chi connectivity index (χ0) is 18.5. The van der Waals surface area contributed by atoms with E-state index in [1.807, 2.05) is 19.2 Å². The van der Waals surface area contributed by atoms with E-state index in [1.165, 1.54) is 5.56 Å². The van der Waals surface area contributed by atoms with Gasteiger partial charge in [0.15, 0.2) is 0 Å². The minimum Gasteiger partial charge on any atom is -0.423 e. The molecule has 0 atom stereocenters. The number of benzene rings is 2. The summed E-state index contributed by atoms with van der Waals surface area (Å²) in [5.41, 5.74) is 3.61. The number of likely N-dealkylation sites (N-methyl/N-ethyl adjacent to an activating group) is 1. The maximum absolute atomic E-state index is 12.1. The molecule has 0 fully saturated rings. The van der Waals surface area contributed by atoms with Crippen molar-refractivity contribution in [3.63, 3.8) is 0 Å². The SMILES string of the molecule is CCN(CC)c1ccc2c(N(C)CCc3ccccc3)cc(=O)oc2c1. The molecule has 0 aliphatic rings. The van der Waals surface area contributed by atoms with Crippen LogP contribution in [0.4, 0.5) is 11.4 Å². The molecule has 0 aliphatic carbocycles. The van der Waals surface area contributed by atoms with E-state index >= 15 is 0 Å². The molecule has 1 heterocycles. The minimum absolute atomic E-state index is 0.309. The first-order valence-corrected chi connectivity index (χ1v) is 9.20. The van der Waals surface area contributed by atoms with Crippen LogP contribution in [0.25, 0.3) is 11.0 Å². The van der Waals surface area contributed by atoms with Crippen molar-refractivity contribution in [2.75, 3.05) is 36.5 Å². The third-order valence-corrected chi connectivity index (χ3v) is 4.82. The van der Waals surface area contributed by atoms with Gasteiger partial charge >= 0.3 is 5.63 Å². The van der Waals surface area contributed by atoms with E-state index in [-0.39, 0.29) is 5.63 Å². The summed E-state index contributed by atoms with van der Waals surface area (Å²) in [4.78, 5) is 16.5. The number of fused-ring (bicyclic) bond motifs is 1. The molecular weight excluding hydrogens is 324 g/mol. The topological polar surface area (TPSA) is 36.7 Å². The summed E-state index contributed by atoms with van der Waals surface area (Å²) in [7, 11) is 2.02. The fourth-order valence-electron chi connectivity index (χ4n) is 3.30. The Balaban J connectivity index is 1.91. The second-order valence-electron chi connectivity index (χ2n) is 6.46. The zero-order valence-electron chi connectivity index (χ0n) is 15.7. The van der Waals surface area contributed by atoms with Crippen molar-refractivity contribution in [3.8, 4) is 0 Å². The van der Waals surface area contributed by atoms with Crippen LogP contribution in [0.3, 0.4) is 0 Å². The molecule has 0 bridgehead atoms. The molecule has 0 amide bonds. The van der Waals surface area contributed by atoms with E-state index in [9.17, 15) is 4.79 Å². The summed E-state index contributed by atoms with van der Waals surface area (Å²) < 4.78 is 5.49. The van der Waals surface area contributed by atoms with Gasteiger partial charge in [-0.1, -0.05) is 30.3 Å². The molecule has 0 N–H and O–H groups in total. The van der Waals surface area contributed by atoms with Gasteiger partial charge in [-0.2, -0.15) is 0 Å². The second-order valence-corrected chi connectivity index (χ2v) is 6.46. The van der Waals surface area contributed by atoms with Crippen LogP contribution in [-0.4, -0.2) is 26.7 Å². The molecule has 4 heteroatoms. The van der Waals surface area contributed by atoms with Crippen molar-refractivity contribution in [2.24, 2.45) is 0 Å². The van der Waals surface area contributed by atoms with Crippen molar-refractivity contribution < 1.29 is 4.42 Å². The highest BCUT2D eigenvalue weighted by Gasteiger charge is 2.12. The van der Waals surface area contributed by atoms with Crippen molar-refractivity contribution in [3.05, 3.63) is 70.6 Å². The Morgan fingerprint density at radius 1 is 0.962 bits per heavy atom. The van der Waals surface area contributed by atoms with Crippen LogP contribution in [0.1, 0.15) is 19.4 Å². The van der Waals surface area contributed by atoms with Gasteiger partial charge in [0.1, 0.15) is 5.58 Å². The molecule has 0 saturated heterocycles. The van der Waals surface area contributed by atoms with Gasteiger partial charge in [0, 0.05) is 49.9 Å². The van der Waals surface area contributed by atoms with Crippen molar-refractivity contribution in [1.29, 1.82) is 0 Å². The average molecular weight is 350 g/mol. The highest BCUT2D eigenvalue weighted by atomic mass is 16.4. The molecular formula is C22H26N2O2. The molecule has 3 aromatic rings. The molecule has 26 heavy (non-hydrogen) atoms. The predicted octanol–water partition coefficient (Wildman–Crippen LogP) is 4.32. The molecule has 3 rings (SSSR count). The fourth-order valence-corrected chi connectivity index (χ4v) is 3.30. The Morgan fingerprint density at radius 3 is 2.38 bits per heavy atom. The van der Waals surface area contributed by atoms with E-state index in [1.54, 1.807) is 6.07 Å². The van der Waals surface area contributed by atoms with Crippen LogP contribution in [-0.2, 0) is 6.42 Å². The summed E-state index contributed by atoms with van der Waals surface area (Å²) in [6.07, 6.45) is 0.927. The summed E-state index contributed by atoms with van der Waals surface area (Å²) >= 11 is 0. The van der Waals surface area contributed by atoms with Crippen LogP contribution in [0.2, 0.25) is 0 Å². The summed E-state index contributed by atoms with van der Waals surface area (Å²) in [6.45, 7) is 6.92. The van der Waals surface area contributed by atoms with Crippen molar-refractivity contribution in [1.82, 2.24) is 0 Å². The number of hydrogen-bond acceptors (Lipinski definition) is 4. The Morgan fingerprint density at radius 2 is 1.69 bits per heavy atom. The van der Waals surface area contributed by atoms with Gasteiger partial charge in [0.05, 0.1) is 5.69 Å². The first-order chi connectivity index (χ1) is 12.6. The number of rotatable bonds is 7. The van der Waals surface area contributed by atoms with Crippen molar-refractivity contribution in [2.45, 2.75) is 20.3 Å². The lowest BCUT2D eigenvalue weighted by atomic mass is 10.1. The Hall–Kier alpha value is -2.75. The highest BCUT2D eigenvalue weighted by molar-refractivity contribution is 5.92. The molecule has 4 nitrogen and oxygen atoms in total. The zero-order valence-corrected chi connectivity index (χ0v) is 15.7. The monoisotopic (exact) mass is 350 g/mol. The summed E-state index contributed by atoms with van der Waals surface area (Å²) in [5, 5.41) is 0.969. The second kappa shape index (κ2) is 8.09. The number of nitrogens with zero attached hydrogens (tertiary/aromatic N) is 2. The van der Waals surface area contributed by atoms with Gasteiger partial charge in [0.2, 0.25) is 0 Å². The van der Waals surface area contributed by atoms with Crippen molar-refractivity contribution >= 4 is 22.3 Å². The third kappa shape index (κ3) is 3.90. The van der Waals surface area contributed by atoms with Crippen LogP contribution >= 0.6 is 0 Å². The Labute approximate surface area is 154 Å². The fraction of sp³-hybridized carbons (Fsp3) is 0.318. The lowest BCUT2D eigenvalue weighted by Gasteiger charge is -2.23. The summed E-state index contributed by atoms with van der Waals surface area (Å²) in [5.74, 6) is 0. The van der Waals surface area contributed by atoms with Gasteiger partial charge in [-0.05, 0) is 38.0 Å². The quantitative estimate of drug-likeness (QED) is 0.595. The Kier molecular flexibility index (Phi) is 5.61.